The van der Waals surface area contributed by atoms with E-state index in [1.54, 1.807) is 12.3 Å². The van der Waals surface area contributed by atoms with Crippen LogP contribution in [0.2, 0.25) is 0 Å². The third kappa shape index (κ3) is 4.73. The molecule has 1 amide bonds. The van der Waals surface area contributed by atoms with Gasteiger partial charge in [0.1, 0.15) is 5.75 Å². The van der Waals surface area contributed by atoms with Crippen LogP contribution in [0.4, 0.5) is 0 Å². The van der Waals surface area contributed by atoms with Gasteiger partial charge in [0, 0.05) is 0 Å². The normalized spacial score (nSPS) is 19.6. The molecule has 1 aromatic carbocycles. The molecule has 0 radical (unpaired) electrons. The minimum Gasteiger partial charge on any atom is -0.494 e. The summed E-state index contributed by atoms with van der Waals surface area (Å²) in [6.45, 7) is 6.42. The number of hydrogen-bond donors (Lipinski definition) is 1. The number of rotatable bonds is 7. The number of amides is 1. The Hall–Kier alpha value is -2.08. The summed E-state index contributed by atoms with van der Waals surface area (Å²) in [4.78, 5) is 11.6. The predicted octanol–water partition coefficient (Wildman–Crippen LogP) is 2.97. The number of benzene rings is 1. The molecule has 1 atom stereocenters. The van der Waals surface area contributed by atoms with Crippen LogP contribution in [0.1, 0.15) is 25.3 Å². The van der Waals surface area contributed by atoms with Crippen molar-refractivity contribution in [2.75, 3.05) is 6.61 Å². The molecule has 0 aromatic heterocycles. The van der Waals surface area contributed by atoms with Crippen molar-refractivity contribution in [3.05, 3.63) is 42.5 Å². The monoisotopic (exact) mass is 317 g/mol. The van der Waals surface area contributed by atoms with Crippen molar-refractivity contribution in [1.82, 2.24) is 5.32 Å². The molecule has 1 aliphatic rings. The van der Waals surface area contributed by atoms with Crippen molar-refractivity contribution in [3.63, 3.8) is 0 Å². The minimum atomic E-state index is -0.151. The summed E-state index contributed by atoms with van der Waals surface area (Å²) in [5, 5.41) is 11.1. The smallest absolute Gasteiger partial charge is 0.239 e. The van der Waals surface area contributed by atoms with Crippen LogP contribution in [0, 0.1) is 0 Å². The molecule has 6 heteroatoms. The maximum absolute atomic E-state index is 11.6. The van der Waals surface area contributed by atoms with Crippen LogP contribution in [0.5, 0.6) is 5.75 Å². The molecule has 5 nitrogen and oxygen atoms in total. The summed E-state index contributed by atoms with van der Waals surface area (Å²) in [5.41, 5.74) is 0.921. The highest BCUT2D eigenvalue weighted by Gasteiger charge is 2.28. The second-order valence-corrected chi connectivity index (χ2v) is 5.88. The van der Waals surface area contributed by atoms with Gasteiger partial charge >= 0.3 is 0 Å². The van der Waals surface area contributed by atoms with Crippen molar-refractivity contribution in [2.24, 2.45) is 10.2 Å². The van der Waals surface area contributed by atoms with Crippen molar-refractivity contribution in [1.29, 1.82) is 0 Å². The highest BCUT2D eigenvalue weighted by Crippen LogP contribution is 2.22. The van der Waals surface area contributed by atoms with E-state index in [9.17, 15) is 4.79 Å². The molecular weight excluding hydrogens is 298 g/mol. The number of allylic oxidation sites excluding steroid dienone is 1. The van der Waals surface area contributed by atoms with E-state index in [0.29, 0.717) is 18.2 Å². The predicted molar refractivity (Wildman–Crippen MR) is 91.6 cm³/mol. The van der Waals surface area contributed by atoms with Crippen LogP contribution < -0.4 is 10.1 Å². The first-order valence-corrected chi connectivity index (χ1v) is 8.03. The van der Waals surface area contributed by atoms with E-state index in [1.807, 2.05) is 24.3 Å². The van der Waals surface area contributed by atoms with Gasteiger partial charge in [0.25, 0.3) is 0 Å². The van der Waals surface area contributed by atoms with E-state index in [4.69, 9.17) is 4.74 Å². The molecular formula is C16H19N3O2S. The zero-order valence-corrected chi connectivity index (χ0v) is 13.3. The number of thioether (sulfide) groups is 1. The Morgan fingerprint density at radius 1 is 1.41 bits per heavy atom. The highest BCUT2D eigenvalue weighted by molar-refractivity contribution is 8.15. The maximum atomic E-state index is 11.6. The first-order valence-electron chi connectivity index (χ1n) is 7.15. The summed E-state index contributed by atoms with van der Waals surface area (Å²) in [6.07, 6.45) is 4.98. The Bertz CT molecular complexity index is 582. The molecule has 1 N–H and O–H groups in total. The van der Waals surface area contributed by atoms with Gasteiger partial charge in [-0.3, -0.25) is 4.79 Å². The number of carbonyl (C=O) groups is 1. The van der Waals surface area contributed by atoms with E-state index in [-0.39, 0.29) is 11.2 Å². The lowest BCUT2D eigenvalue weighted by molar-refractivity contribution is -0.118. The lowest BCUT2D eigenvalue weighted by atomic mass is 10.2. The Morgan fingerprint density at radius 3 is 2.86 bits per heavy atom. The van der Waals surface area contributed by atoms with Gasteiger partial charge < -0.3 is 10.1 Å². The fraction of sp³-hybridized carbons (Fsp3) is 0.312. The summed E-state index contributed by atoms with van der Waals surface area (Å²) in [5.74, 6) is 0.799. The summed E-state index contributed by atoms with van der Waals surface area (Å²) < 4.78 is 5.51. The molecule has 1 fully saturated rings. The van der Waals surface area contributed by atoms with E-state index < -0.39 is 0 Å². The van der Waals surface area contributed by atoms with Gasteiger partial charge in [-0.25, -0.2) is 0 Å². The zero-order valence-electron chi connectivity index (χ0n) is 12.5. The molecule has 2 rings (SSSR count). The van der Waals surface area contributed by atoms with Crippen LogP contribution in [0.25, 0.3) is 0 Å². The average molecular weight is 317 g/mol. The Labute approximate surface area is 134 Å². The Kier molecular flexibility index (Phi) is 6.21. The van der Waals surface area contributed by atoms with Crippen LogP contribution in [-0.4, -0.2) is 29.1 Å². The second kappa shape index (κ2) is 8.38. The van der Waals surface area contributed by atoms with Crippen LogP contribution in [-0.2, 0) is 4.79 Å². The first-order chi connectivity index (χ1) is 10.7. The van der Waals surface area contributed by atoms with Gasteiger partial charge in [0.2, 0.25) is 5.91 Å². The van der Waals surface area contributed by atoms with Gasteiger partial charge in [0.15, 0.2) is 5.17 Å². The number of nitrogens with one attached hydrogen (secondary N) is 1. The third-order valence-corrected chi connectivity index (χ3v) is 3.96. The zero-order chi connectivity index (χ0) is 15.8. The second-order valence-electron chi connectivity index (χ2n) is 4.69. The number of nitrogens with zero attached hydrogens (tertiary/aromatic N) is 2. The molecule has 0 bridgehead atoms. The largest absolute Gasteiger partial charge is 0.494 e. The quantitative estimate of drug-likeness (QED) is 0.478. The lowest BCUT2D eigenvalue weighted by Crippen LogP contribution is -2.24. The fourth-order valence-corrected chi connectivity index (χ4v) is 2.70. The molecule has 22 heavy (non-hydrogen) atoms. The standard InChI is InChI=1S/C16H19N3O2S/c1-3-5-14-15(20)18-16(22-14)19-17-11-12-6-8-13(9-7-12)21-10-4-2/h3,6-9,11,14H,1,4-5,10H2,2H3,(H,18,19,20)/b17-11-/t14-/m0/s1. The van der Waals surface area contributed by atoms with E-state index in [0.717, 1.165) is 17.7 Å². The van der Waals surface area contributed by atoms with Crippen molar-refractivity contribution in [3.8, 4) is 5.75 Å². The van der Waals surface area contributed by atoms with E-state index >= 15 is 0 Å². The fourth-order valence-electron chi connectivity index (χ4n) is 1.78. The van der Waals surface area contributed by atoms with E-state index in [1.165, 1.54) is 11.8 Å². The summed E-state index contributed by atoms with van der Waals surface area (Å²) in [6, 6.07) is 7.62. The number of amidine groups is 1. The van der Waals surface area contributed by atoms with E-state index in [2.05, 4.69) is 29.0 Å². The molecule has 1 saturated heterocycles. The maximum Gasteiger partial charge on any atom is 0.239 e. The first kappa shape index (κ1) is 16.3. The van der Waals surface area contributed by atoms with Crippen LogP contribution >= 0.6 is 11.8 Å². The molecule has 1 aromatic rings. The Morgan fingerprint density at radius 2 is 2.18 bits per heavy atom. The van der Waals surface area contributed by atoms with Crippen molar-refractivity contribution < 1.29 is 9.53 Å². The number of carbonyl (C=O) groups excluding carboxylic acids is 1. The molecule has 1 heterocycles. The Balaban J connectivity index is 1.90. The summed E-state index contributed by atoms with van der Waals surface area (Å²) in [7, 11) is 0. The average Bonchev–Trinajstić information content (AvgIpc) is 2.87. The minimum absolute atomic E-state index is 0.0451. The molecule has 0 saturated carbocycles. The van der Waals surface area contributed by atoms with Crippen LogP contribution in [0.3, 0.4) is 0 Å². The van der Waals surface area contributed by atoms with Gasteiger partial charge in [-0.05, 0) is 42.7 Å². The molecule has 116 valence electrons. The van der Waals surface area contributed by atoms with Crippen molar-refractivity contribution >= 4 is 29.1 Å². The molecule has 0 spiro atoms. The topological polar surface area (TPSA) is 63.1 Å². The van der Waals surface area contributed by atoms with Crippen LogP contribution in [0.15, 0.2) is 47.1 Å². The lowest BCUT2D eigenvalue weighted by Gasteiger charge is -2.03. The highest BCUT2D eigenvalue weighted by atomic mass is 32.2. The van der Waals surface area contributed by atoms with Gasteiger partial charge in [-0.15, -0.1) is 11.7 Å². The molecule has 1 aliphatic heterocycles. The number of ether oxygens (including phenoxy) is 1. The molecule has 0 unspecified atom stereocenters. The van der Waals surface area contributed by atoms with Gasteiger partial charge in [-0.1, -0.05) is 24.8 Å². The molecule has 0 aliphatic carbocycles. The van der Waals surface area contributed by atoms with Crippen molar-refractivity contribution in [2.45, 2.75) is 25.0 Å². The number of hydrogen-bond acceptors (Lipinski definition) is 5. The van der Waals surface area contributed by atoms with Gasteiger partial charge in [-0.2, -0.15) is 5.10 Å². The SMILES string of the molecule is C=CC[C@@H]1S/C(=N/N=C\c2ccc(OCCC)cc2)NC1=O. The summed E-state index contributed by atoms with van der Waals surface area (Å²) >= 11 is 1.37. The van der Waals surface area contributed by atoms with Gasteiger partial charge in [0.05, 0.1) is 18.1 Å². The third-order valence-electron chi connectivity index (χ3n) is 2.87.